The molecule has 2 aliphatic carbocycles. The molecule has 0 aromatic carbocycles. The van der Waals surface area contributed by atoms with Crippen molar-refractivity contribution in [3.8, 4) is 5.88 Å². The van der Waals surface area contributed by atoms with Gasteiger partial charge in [-0.25, -0.2) is 14.2 Å². The van der Waals surface area contributed by atoms with E-state index in [4.69, 9.17) is 14.2 Å². The standard InChI is InChI=1S/C27H36FN3O4/c1-17-13-18(17)15-33-22-6-5-21-23(30-22)19(20(28)14-29-21)7-8-27-11-9-26(10-12-27,16-34-27)31-24(32)35-25(2,3)4/h5-6,14,17-18H,7-13,15-16H2,1-4H3,(H,31,32)/t17-,18-,26?,27?/m1/s1. The lowest BCUT2D eigenvalue weighted by molar-refractivity contribution is -0.163. The quantitative estimate of drug-likeness (QED) is 0.570. The number of amides is 1. The Bertz CT molecular complexity index is 1090. The predicted molar refractivity (Wildman–Crippen MR) is 130 cm³/mol. The van der Waals surface area contributed by atoms with Crippen molar-refractivity contribution in [1.82, 2.24) is 15.3 Å². The highest BCUT2D eigenvalue weighted by molar-refractivity contribution is 5.78. The van der Waals surface area contributed by atoms with Crippen LogP contribution in [0.3, 0.4) is 0 Å². The first-order valence-electron chi connectivity index (χ1n) is 12.8. The van der Waals surface area contributed by atoms with Crippen LogP contribution in [0.4, 0.5) is 9.18 Å². The van der Waals surface area contributed by atoms with Gasteiger partial charge in [-0.15, -0.1) is 0 Å². The smallest absolute Gasteiger partial charge is 0.408 e. The molecule has 2 saturated carbocycles. The maximum atomic E-state index is 14.9. The molecule has 0 unspecified atom stereocenters. The number of carbonyl (C=O) groups is 1. The number of fused-ring (bicyclic) bond motifs is 4. The minimum atomic E-state index is -0.540. The lowest BCUT2D eigenvalue weighted by atomic mass is 9.69. The van der Waals surface area contributed by atoms with Gasteiger partial charge in [0.25, 0.3) is 0 Å². The summed E-state index contributed by atoms with van der Waals surface area (Å²) in [5, 5.41) is 3.06. The third-order valence-electron chi connectivity index (χ3n) is 7.83. The van der Waals surface area contributed by atoms with Gasteiger partial charge >= 0.3 is 6.09 Å². The third-order valence-corrected chi connectivity index (χ3v) is 7.83. The Balaban J connectivity index is 1.24. The second-order valence-corrected chi connectivity index (χ2v) is 11.8. The van der Waals surface area contributed by atoms with Crippen LogP contribution in [0.5, 0.6) is 5.88 Å². The molecule has 6 rings (SSSR count). The van der Waals surface area contributed by atoms with Gasteiger partial charge in [0.05, 0.1) is 41.6 Å². The summed E-state index contributed by atoms with van der Waals surface area (Å²) in [6, 6.07) is 3.66. The first kappa shape index (κ1) is 24.2. The molecule has 2 saturated heterocycles. The predicted octanol–water partition coefficient (Wildman–Crippen LogP) is 5.34. The number of nitrogens with one attached hydrogen (secondary N) is 1. The van der Waals surface area contributed by atoms with Gasteiger partial charge < -0.3 is 19.5 Å². The summed E-state index contributed by atoms with van der Waals surface area (Å²) in [6.45, 7) is 8.87. The Morgan fingerprint density at radius 2 is 2.00 bits per heavy atom. The number of rotatable bonds is 7. The molecule has 2 atom stereocenters. The fraction of sp³-hybridized carbons (Fsp3) is 0.667. The monoisotopic (exact) mass is 485 g/mol. The number of halogens is 1. The van der Waals surface area contributed by atoms with Gasteiger partial charge in [0.1, 0.15) is 11.4 Å². The number of pyridine rings is 2. The van der Waals surface area contributed by atoms with Crippen LogP contribution in [0.25, 0.3) is 11.0 Å². The van der Waals surface area contributed by atoms with Gasteiger partial charge in [-0.05, 0) is 83.6 Å². The fourth-order valence-corrected chi connectivity index (χ4v) is 5.34. The van der Waals surface area contributed by atoms with Crippen LogP contribution in [0.2, 0.25) is 0 Å². The zero-order valence-corrected chi connectivity index (χ0v) is 21.2. The average molecular weight is 486 g/mol. The summed E-state index contributed by atoms with van der Waals surface area (Å²) in [7, 11) is 0. The number of aromatic nitrogens is 2. The van der Waals surface area contributed by atoms with Crippen LogP contribution in [0.1, 0.15) is 71.8 Å². The first-order chi connectivity index (χ1) is 16.6. The van der Waals surface area contributed by atoms with Crippen molar-refractivity contribution in [1.29, 1.82) is 0 Å². The number of hydrogen-bond donors (Lipinski definition) is 1. The van der Waals surface area contributed by atoms with Crippen molar-refractivity contribution in [2.75, 3.05) is 13.2 Å². The molecular weight excluding hydrogens is 449 g/mol. The molecule has 2 aromatic heterocycles. The molecular formula is C27H36FN3O4. The van der Waals surface area contributed by atoms with Gasteiger partial charge in [0.15, 0.2) is 0 Å². The van der Waals surface area contributed by atoms with Gasteiger partial charge in [-0.2, -0.15) is 0 Å². The van der Waals surface area contributed by atoms with E-state index in [-0.39, 0.29) is 17.0 Å². The number of nitrogens with zero attached hydrogens (tertiary/aromatic N) is 2. The first-order valence-corrected chi connectivity index (χ1v) is 12.8. The number of ether oxygens (including phenoxy) is 3. The van der Waals surface area contributed by atoms with E-state index >= 15 is 0 Å². The van der Waals surface area contributed by atoms with E-state index in [1.807, 2.05) is 32.9 Å². The summed E-state index contributed by atoms with van der Waals surface area (Å²) in [5.74, 6) is 1.46. The molecule has 1 amide bonds. The van der Waals surface area contributed by atoms with E-state index in [0.717, 1.165) is 25.7 Å². The summed E-state index contributed by atoms with van der Waals surface area (Å²) in [6.07, 6.45) is 6.53. The minimum Gasteiger partial charge on any atom is -0.477 e. The second-order valence-electron chi connectivity index (χ2n) is 11.8. The van der Waals surface area contributed by atoms with Crippen molar-refractivity contribution in [3.63, 3.8) is 0 Å². The summed E-state index contributed by atoms with van der Waals surface area (Å²) < 4.78 is 32.6. The van der Waals surface area contributed by atoms with Crippen molar-refractivity contribution in [2.24, 2.45) is 11.8 Å². The normalized spacial score (nSPS) is 29.7. The van der Waals surface area contributed by atoms with E-state index in [0.29, 0.717) is 60.4 Å². The minimum absolute atomic E-state index is 0.310. The molecule has 2 bridgehead atoms. The molecule has 35 heavy (non-hydrogen) atoms. The Labute approximate surface area is 206 Å². The number of carbonyl (C=O) groups excluding carboxylic acids is 1. The number of alkyl carbamates (subject to hydrolysis) is 1. The summed E-state index contributed by atoms with van der Waals surface area (Å²) in [4.78, 5) is 21.2. The van der Waals surface area contributed by atoms with E-state index in [1.54, 1.807) is 0 Å². The van der Waals surface area contributed by atoms with E-state index < -0.39 is 11.7 Å². The molecule has 0 radical (unpaired) electrons. The van der Waals surface area contributed by atoms with Crippen LogP contribution >= 0.6 is 0 Å². The Hall–Kier alpha value is -2.48. The van der Waals surface area contributed by atoms with Gasteiger partial charge in [0.2, 0.25) is 5.88 Å². The molecule has 2 aliphatic heterocycles. The zero-order valence-electron chi connectivity index (χ0n) is 21.2. The van der Waals surface area contributed by atoms with Crippen molar-refractivity contribution in [2.45, 2.75) is 89.4 Å². The highest BCUT2D eigenvalue weighted by Crippen LogP contribution is 2.46. The highest BCUT2D eigenvalue weighted by Gasteiger charge is 2.50. The number of aryl methyl sites for hydroxylation is 1. The van der Waals surface area contributed by atoms with Crippen LogP contribution in [0.15, 0.2) is 18.3 Å². The molecule has 4 heterocycles. The van der Waals surface area contributed by atoms with E-state index in [2.05, 4.69) is 22.2 Å². The Kier molecular flexibility index (Phi) is 6.14. The average Bonchev–Trinajstić information content (AvgIpc) is 3.51. The Morgan fingerprint density at radius 1 is 1.26 bits per heavy atom. The van der Waals surface area contributed by atoms with Crippen molar-refractivity contribution >= 4 is 17.1 Å². The number of hydrogen-bond acceptors (Lipinski definition) is 6. The SMILES string of the molecule is C[C@@H]1C[C@@H]1COc1ccc2ncc(F)c(CCC34CCC(NC(=O)OC(C)(C)C)(CC3)CO4)c2n1. The summed E-state index contributed by atoms with van der Waals surface area (Å²) >= 11 is 0. The van der Waals surface area contributed by atoms with Crippen LogP contribution in [0, 0.1) is 17.7 Å². The maximum absolute atomic E-state index is 14.9. The fourth-order valence-electron chi connectivity index (χ4n) is 5.34. The molecule has 0 spiro atoms. The van der Waals surface area contributed by atoms with Crippen LogP contribution in [-0.2, 0) is 15.9 Å². The van der Waals surface area contributed by atoms with Crippen molar-refractivity contribution in [3.05, 3.63) is 29.7 Å². The van der Waals surface area contributed by atoms with E-state index in [1.165, 1.54) is 12.6 Å². The van der Waals surface area contributed by atoms with Gasteiger partial charge in [0, 0.05) is 11.6 Å². The molecule has 1 N–H and O–H groups in total. The molecule has 4 fully saturated rings. The second kappa shape index (κ2) is 8.87. The van der Waals surface area contributed by atoms with Crippen molar-refractivity contribution < 1.29 is 23.4 Å². The largest absolute Gasteiger partial charge is 0.477 e. The molecule has 2 aromatic rings. The van der Waals surface area contributed by atoms with Crippen LogP contribution in [-0.4, -0.2) is 46.0 Å². The lowest BCUT2D eigenvalue weighted by Crippen LogP contribution is -2.63. The van der Waals surface area contributed by atoms with E-state index in [9.17, 15) is 9.18 Å². The van der Waals surface area contributed by atoms with Gasteiger partial charge in [-0.3, -0.25) is 4.98 Å². The molecule has 7 nitrogen and oxygen atoms in total. The Morgan fingerprint density at radius 3 is 2.63 bits per heavy atom. The molecule has 4 aliphatic rings. The van der Waals surface area contributed by atoms with Crippen LogP contribution < -0.4 is 10.1 Å². The molecule has 8 heteroatoms. The molecule has 190 valence electrons. The lowest BCUT2D eigenvalue weighted by Gasteiger charge is -2.53. The maximum Gasteiger partial charge on any atom is 0.408 e. The third kappa shape index (κ3) is 5.37. The summed E-state index contributed by atoms with van der Waals surface area (Å²) in [5.41, 5.74) is 0.560. The highest BCUT2D eigenvalue weighted by atomic mass is 19.1. The topological polar surface area (TPSA) is 82.6 Å². The zero-order chi connectivity index (χ0) is 24.8. The van der Waals surface area contributed by atoms with Gasteiger partial charge in [-0.1, -0.05) is 6.92 Å².